The Morgan fingerprint density at radius 1 is 0.784 bits per heavy atom. The third-order valence-corrected chi connectivity index (χ3v) is 5.48. The van der Waals surface area contributed by atoms with Gasteiger partial charge in [0.05, 0.1) is 25.0 Å². The lowest BCUT2D eigenvalue weighted by Crippen LogP contribution is -2.18. The van der Waals surface area contributed by atoms with E-state index in [4.69, 9.17) is 14.2 Å². The molecule has 2 rings (SSSR count). The first-order valence-corrected chi connectivity index (χ1v) is 13.2. The number of amides is 1. The van der Waals surface area contributed by atoms with Gasteiger partial charge in [-0.1, -0.05) is 70.7 Å². The van der Waals surface area contributed by atoms with Crippen LogP contribution in [-0.2, 0) is 25.5 Å². The normalized spacial score (nSPS) is 11.1. The average Bonchev–Trinajstić information content (AvgIpc) is 2.91. The Labute approximate surface area is 220 Å². The minimum Gasteiger partial charge on any atom is -0.462 e. The number of ether oxygens (including phenoxy) is 3. The van der Waals surface area contributed by atoms with Gasteiger partial charge in [-0.05, 0) is 55.5 Å². The highest BCUT2D eigenvalue weighted by Gasteiger charge is 2.19. The number of hydrogen-bond acceptors (Lipinski definition) is 6. The number of carbonyl (C=O) groups is 3. The molecule has 0 aliphatic carbocycles. The predicted molar refractivity (Wildman–Crippen MR) is 145 cm³/mol. The van der Waals surface area contributed by atoms with Crippen LogP contribution in [0.4, 0.5) is 5.69 Å². The molecule has 0 heterocycles. The molecule has 0 radical (unpaired) electrons. The number of anilines is 1. The molecule has 0 aliphatic heterocycles. The second kappa shape index (κ2) is 17.0. The fourth-order valence-corrected chi connectivity index (χ4v) is 3.47. The first kappa shape index (κ1) is 29.6. The van der Waals surface area contributed by atoms with Crippen molar-refractivity contribution in [2.45, 2.75) is 72.1 Å². The smallest absolute Gasteiger partial charge is 0.374 e. The van der Waals surface area contributed by atoms with E-state index in [9.17, 15) is 14.4 Å². The number of unbranched alkanes of at least 4 members (excludes halogenated alkanes) is 4. The summed E-state index contributed by atoms with van der Waals surface area (Å²) in [6, 6.07) is 14.2. The minimum absolute atomic E-state index is 0.177. The summed E-state index contributed by atoms with van der Waals surface area (Å²) in [6.45, 7) is 6.33. The number of carbonyl (C=O) groups excluding carboxylic acids is 3. The van der Waals surface area contributed by atoms with Crippen LogP contribution >= 0.6 is 0 Å². The predicted octanol–water partition coefficient (Wildman–Crippen LogP) is 6.62. The van der Waals surface area contributed by atoms with Crippen LogP contribution in [0.2, 0.25) is 0 Å². The summed E-state index contributed by atoms with van der Waals surface area (Å²) in [5.74, 6) is -1.94. The maximum Gasteiger partial charge on any atom is 0.374 e. The molecule has 1 amide bonds. The van der Waals surface area contributed by atoms with E-state index < -0.39 is 11.9 Å². The molecule has 0 aromatic heterocycles. The standard InChI is InChI=1S/C30H39NO6/c1-4-7-8-9-10-13-23-16-18-24(19-17-23)29(33)31-25-14-11-12-15-26(25)37-27(30(34)36-21-6-3)22-28(32)35-20-5-2/h11-12,14-19,22H,4-10,13,20-21H2,1-3H3,(H,31,33)/b27-22+. The molecular weight excluding hydrogens is 470 g/mol. The first-order chi connectivity index (χ1) is 18.0. The molecule has 0 atom stereocenters. The fourth-order valence-electron chi connectivity index (χ4n) is 3.47. The van der Waals surface area contributed by atoms with Crippen molar-refractivity contribution < 1.29 is 28.6 Å². The molecule has 0 bridgehead atoms. The molecule has 200 valence electrons. The van der Waals surface area contributed by atoms with Crippen molar-refractivity contribution in [3.63, 3.8) is 0 Å². The molecule has 2 aromatic carbocycles. The first-order valence-electron chi connectivity index (χ1n) is 13.2. The van der Waals surface area contributed by atoms with E-state index >= 15 is 0 Å². The molecule has 0 saturated heterocycles. The van der Waals surface area contributed by atoms with Crippen molar-refractivity contribution in [3.05, 3.63) is 71.5 Å². The van der Waals surface area contributed by atoms with Crippen molar-refractivity contribution in [2.24, 2.45) is 0 Å². The monoisotopic (exact) mass is 509 g/mol. The van der Waals surface area contributed by atoms with Gasteiger partial charge in [0.15, 0.2) is 5.75 Å². The van der Waals surface area contributed by atoms with Crippen LogP contribution in [0.25, 0.3) is 0 Å². The Balaban J connectivity index is 2.10. The Morgan fingerprint density at radius 3 is 2.16 bits per heavy atom. The quantitative estimate of drug-likeness (QED) is 0.118. The molecule has 7 heteroatoms. The molecule has 0 fully saturated rings. The van der Waals surface area contributed by atoms with Crippen LogP contribution in [0.15, 0.2) is 60.4 Å². The molecule has 2 aromatic rings. The molecule has 0 saturated carbocycles. The third kappa shape index (κ3) is 10.9. The largest absolute Gasteiger partial charge is 0.462 e. The second-order valence-electron chi connectivity index (χ2n) is 8.73. The maximum atomic E-state index is 12.9. The number of nitrogens with one attached hydrogen (secondary N) is 1. The lowest BCUT2D eigenvalue weighted by atomic mass is 10.0. The van der Waals surface area contributed by atoms with Gasteiger partial charge in [0.25, 0.3) is 5.91 Å². The Kier molecular flexibility index (Phi) is 13.6. The van der Waals surface area contributed by atoms with Crippen molar-refractivity contribution in [1.82, 2.24) is 0 Å². The summed E-state index contributed by atoms with van der Waals surface area (Å²) in [4.78, 5) is 37.6. The number of para-hydroxylation sites is 2. The SMILES string of the molecule is CCCCCCCc1ccc(C(=O)Nc2ccccc2O/C(=C/C(=O)OCCC)C(=O)OCCC)cc1. The molecule has 7 nitrogen and oxygen atoms in total. The lowest BCUT2D eigenvalue weighted by Gasteiger charge is -2.14. The zero-order valence-electron chi connectivity index (χ0n) is 22.2. The lowest BCUT2D eigenvalue weighted by molar-refractivity contribution is -0.143. The van der Waals surface area contributed by atoms with E-state index in [0.717, 1.165) is 18.9 Å². The van der Waals surface area contributed by atoms with E-state index in [1.54, 1.807) is 36.4 Å². The number of rotatable bonds is 16. The summed E-state index contributed by atoms with van der Waals surface area (Å²) >= 11 is 0. The maximum absolute atomic E-state index is 12.9. The van der Waals surface area contributed by atoms with E-state index in [2.05, 4.69) is 12.2 Å². The van der Waals surface area contributed by atoms with Gasteiger partial charge in [0.1, 0.15) is 0 Å². The Hall–Kier alpha value is -3.61. The highest BCUT2D eigenvalue weighted by molar-refractivity contribution is 6.05. The zero-order valence-corrected chi connectivity index (χ0v) is 22.2. The van der Waals surface area contributed by atoms with E-state index in [1.165, 1.54) is 31.2 Å². The number of aryl methyl sites for hydroxylation is 1. The highest BCUT2D eigenvalue weighted by Crippen LogP contribution is 2.27. The highest BCUT2D eigenvalue weighted by atomic mass is 16.6. The van der Waals surface area contributed by atoms with Crippen LogP contribution in [0.5, 0.6) is 5.75 Å². The van der Waals surface area contributed by atoms with Crippen molar-refractivity contribution in [1.29, 1.82) is 0 Å². The summed E-state index contributed by atoms with van der Waals surface area (Å²) in [5, 5.41) is 2.83. The Morgan fingerprint density at radius 2 is 1.46 bits per heavy atom. The topological polar surface area (TPSA) is 90.9 Å². The molecule has 0 unspecified atom stereocenters. The fraction of sp³-hybridized carbons (Fsp3) is 0.433. The average molecular weight is 510 g/mol. The van der Waals surface area contributed by atoms with Crippen molar-refractivity contribution >= 4 is 23.5 Å². The van der Waals surface area contributed by atoms with E-state index in [0.29, 0.717) is 24.1 Å². The number of esters is 2. The van der Waals surface area contributed by atoms with Gasteiger partial charge in [-0.25, -0.2) is 9.59 Å². The minimum atomic E-state index is -0.790. The van der Waals surface area contributed by atoms with Gasteiger partial charge in [0.2, 0.25) is 5.76 Å². The van der Waals surface area contributed by atoms with Crippen LogP contribution in [0.3, 0.4) is 0 Å². The summed E-state index contributed by atoms with van der Waals surface area (Å²) in [5.41, 5.74) is 2.06. The Bertz CT molecular complexity index is 1030. The van der Waals surface area contributed by atoms with E-state index in [1.807, 2.05) is 26.0 Å². The van der Waals surface area contributed by atoms with Gasteiger partial charge in [-0.15, -0.1) is 0 Å². The second-order valence-corrected chi connectivity index (χ2v) is 8.73. The van der Waals surface area contributed by atoms with Gasteiger partial charge in [0, 0.05) is 5.56 Å². The zero-order chi connectivity index (χ0) is 26.9. The summed E-state index contributed by atoms with van der Waals surface area (Å²) in [6.07, 6.45) is 9.32. The van der Waals surface area contributed by atoms with Crippen LogP contribution in [0, 0.1) is 0 Å². The van der Waals surface area contributed by atoms with Crippen LogP contribution < -0.4 is 10.1 Å². The van der Waals surface area contributed by atoms with Gasteiger partial charge < -0.3 is 19.5 Å². The molecule has 37 heavy (non-hydrogen) atoms. The third-order valence-electron chi connectivity index (χ3n) is 5.48. The number of hydrogen-bond donors (Lipinski definition) is 1. The van der Waals surface area contributed by atoms with Crippen molar-refractivity contribution in [3.8, 4) is 5.75 Å². The van der Waals surface area contributed by atoms with Gasteiger partial charge >= 0.3 is 11.9 Å². The van der Waals surface area contributed by atoms with E-state index in [-0.39, 0.29) is 30.6 Å². The van der Waals surface area contributed by atoms with Crippen molar-refractivity contribution in [2.75, 3.05) is 18.5 Å². The molecule has 1 N–H and O–H groups in total. The molecule has 0 aliphatic rings. The molecular formula is C30H39NO6. The summed E-state index contributed by atoms with van der Waals surface area (Å²) < 4.78 is 16.0. The van der Waals surface area contributed by atoms with Gasteiger partial charge in [-0.3, -0.25) is 4.79 Å². The van der Waals surface area contributed by atoms with Crippen LogP contribution in [-0.4, -0.2) is 31.1 Å². The van der Waals surface area contributed by atoms with Gasteiger partial charge in [-0.2, -0.15) is 0 Å². The van der Waals surface area contributed by atoms with Crippen LogP contribution in [0.1, 0.15) is 81.6 Å². The number of benzene rings is 2. The summed E-state index contributed by atoms with van der Waals surface area (Å²) in [7, 11) is 0. The molecule has 0 spiro atoms.